The van der Waals surface area contributed by atoms with Gasteiger partial charge in [-0.2, -0.15) is 4.31 Å². The zero-order valence-electron chi connectivity index (χ0n) is 17.3. The molecule has 0 aromatic carbocycles. The minimum absolute atomic E-state index is 0.0534. The predicted octanol–water partition coefficient (Wildman–Crippen LogP) is 1.66. The molecule has 2 unspecified atom stereocenters. The maximum absolute atomic E-state index is 12.7. The number of morpholine rings is 1. The Labute approximate surface area is 171 Å². The number of amides is 1. The molecule has 29 heavy (non-hydrogen) atoms. The molecule has 0 radical (unpaired) electrons. The van der Waals surface area contributed by atoms with Crippen LogP contribution < -0.4 is 5.32 Å². The summed E-state index contributed by atoms with van der Waals surface area (Å²) in [6.45, 7) is 8.23. The number of aromatic nitrogens is 2. The van der Waals surface area contributed by atoms with Crippen molar-refractivity contribution >= 4 is 15.9 Å². The molecule has 1 fully saturated rings. The van der Waals surface area contributed by atoms with Gasteiger partial charge in [0.2, 0.25) is 10.0 Å². The van der Waals surface area contributed by atoms with Crippen LogP contribution in [0.1, 0.15) is 35.6 Å². The van der Waals surface area contributed by atoms with Gasteiger partial charge >= 0.3 is 0 Å². The molecule has 158 valence electrons. The Morgan fingerprint density at radius 1 is 1.28 bits per heavy atom. The van der Waals surface area contributed by atoms with Crippen LogP contribution >= 0.6 is 0 Å². The van der Waals surface area contributed by atoms with Crippen molar-refractivity contribution in [3.63, 3.8) is 0 Å². The van der Waals surface area contributed by atoms with Crippen LogP contribution in [-0.4, -0.2) is 65.8 Å². The molecule has 0 spiro atoms. The van der Waals surface area contributed by atoms with E-state index in [0.29, 0.717) is 18.7 Å². The number of carbonyl (C=O) groups excluding carboxylic acids is 1. The van der Waals surface area contributed by atoms with Crippen molar-refractivity contribution in [2.24, 2.45) is 0 Å². The number of nitrogens with zero attached hydrogens (tertiary/aromatic N) is 3. The maximum Gasteiger partial charge on any atom is 0.253 e. The molecule has 1 aliphatic heterocycles. The number of sulfonamides is 1. The van der Waals surface area contributed by atoms with Crippen molar-refractivity contribution in [3.05, 3.63) is 47.5 Å². The van der Waals surface area contributed by atoms with Crippen LogP contribution in [0.4, 0.5) is 0 Å². The second-order valence-corrected chi connectivity index (χ2v) is 9.57. The van der Waals surface area contributed by atoms with Crippen molar-refractivity contribution < 1.29 is 17.9 Å². The molecular formula is C20H28N4O4S. The van der Waals surface area contributed by atoms with Crippen molar-refractivity contribution in [1.82, 2.24) is 19.2 Å². The van der Waals surface area contributed by atoms with Crippen molar-refractivity contribution in [2.45, 2.75) is 39.9 Å². The smallest absolute Gasteiger partial charge is 0.253 e. The Balaban J connectivity index is 1.64. The largest absolute Gasteiger partial charge is 0.373 e. The molecule has 1 amide bonds. The van der Waals surface area contributed by atoms with Crippen LogP contribution in [0.2, 0.25) is 0 Å². The molecule has 9 heteroatoms. The summed E-state index contributed by atoms with van der Waals surface area (Å²) in [5, 5.41) is 2.74. The maximum atomic E-state index is 12.7. The minimum Gasteiger partial charge on any atom is -0.373 e. The minimum atomic E-state index is -3.46. The summed E-state index contributed by atoms with van der Waals surface area (Å²) in [7, 11) is -3.46. The van der Waals surface area contributed by atoms with E-state index in [1.165, 1.54) is 4.31 Å². The quantitative estimate of drug-likeness (QED) is 0.767. The molecule has 0 bridgehead atoms. The first-order valence-corrected chi connectivity index (χ1v) is 11.3. The van der Waals surface area contributed by atoms with Gasteiger partial charge in [-0.25, -0.2) is 8.42 Å². The van der Waals surface area contributed by atoms with Gasteiger partial charge in [-0.05, 0) is 45.9 Å². The highest BCUT2D eigenvalue weighted by Gasteiger charge is 2.30. The van der Waals surface area contributed by atoms with E-state index < -0.39 is 10.0 Å². The molecule has 3 rings (SSSR count). The van der Waals surface area contributed by atoms with Crippen LogP contribution in [-0.2, 0) is 14.8 Å². The summed E-state index contributed by atoms with van der Waals surface area (Å²) in [5.41, 5.74) is 3.09. The molecule has 3 heterocycles. The summed E-state index contributed by atoms with van der Waals surface area (Å²) in [5.74, 6) is -0.424. The van der Waals surface area contributed by atoms with Crippen molar-refractivity contribution in [2.75, 3.05) is 25.4 Å². The van der Waals surface area contributed by atoms with Gasteiger partial charge in [-0.3, -0.25) is 9.78 Å². The van der Waals surface area contributed by atoms with Crippen LogP contribution in [0, 0.1) is 13.8 Å². The molecule has 1 N–H and O–H groups in total. The topological polar surface area (TPSA) is 93.5 Å². The number of pyridine rings is 1. The lowest BCUT2D eigenvalue weighted by molar-refractivity contribution is -0.0440. The summed E-state index contributed by atoms with van der Waals surface area (Å²) < 4.78 is 34.2. The standard InChI is InChI=1S/C20H28N4O4S/c1-14-10-19(17(4)24(14)18-6-5-7-21-11-18)20(25)22-8-9-29(26,27)23-12-15(2)28-16(3)13-23/h5-7,10-11,15-16H,8-9,12-13H2,1-4H3,(H,22,25). The Hall–Kier alpha value is -2.23. The number of aryl methyl sites for hydroxylation is 1. The lowest BCUT2D eigenvalue weighted by atomic mass is 10.2. The molecule has 1 aliphatic rings. The first-order chi connectivity index (χ1) is 13.7. The van der Waals surface area contributed by atoms with Gasteiger partial charge in [0.05, 0.1) is 35.4 Å². The third kappa shape index (κ3) is 4.85. The Morgan fingerprint density at radius 3 is 2.59 bits per heavy atom. The average molecular weight is 421 g/mol. The van der Waals surface area contributed by atoms with Crippen LogP contribution in [0.15, 0.2) is 30.6 Å². The first-order valence-electron chi connectivity index (χ1n) is 9.70. The fourth-order valence-electron chi connectivity index (χ4n) is 3.75. The van der Waals surface area contributed by atoms with E-state index in [0.717, 1.165) is 17.1 Å². The van der Waals surface area contributed by atoms with Crippen molar-refractivity contribution in [1.29, 1.82) is 0 Å². The molecule has 2 aromatic heterocycles. The number of ether oxygens (including phenoxy) is 1. The van der Waals surface area contributed by atoms with Crippen LogP contribution in [0.3, 0.4) is 0 Å². The zero-order valence-corrected chi connectivity index (χ0v) is 18.1. The van der Waals surface area contributed by atoms with Crippen molar-refractivity contribution in [3.8, 4) is 5.69 Å². The van der Waals surface area contributed by atoms with Gasteiger partial charge in [0, 0.05) is 37.2 Å². The highest BCUT2D eigenvalue weighted by atomic mass is 32.2. The van der Waals surface area contributed by atoms with Gasteiger partial charge in [0.1, 0.15) is 0 Å². The number of nitrogens with one attached hydrogen (secondary N) is 1. The molecule has 0 aliphatic carbocycles. The SMILES string of the molecule is Cc1cc(C(=O)NCCS(=O)(=O)N2CC(C)OC(C)C2)c(C)n1-c1cccnc1. The highest BCUT2D eigenvalue weighted by Crippen LogP contribution is 2.20. The average Bonchev–Trinajstić information content (AvgIpc) is 2.96. The number of hydrogen-bond donors (Lipinski definition) is 1. The highest BCUT2D eigenvalue weighted by molar-refractivity contribution is 7.89. The van der Waals surface area contributed by atoms with E-state index in [9.17, 15) is 13.2 Å². The van der Waals surface area contributed by atoms with Gasteiger partial charge in [0.15, 0.2) is 0 Å². The normalized spacial score (nSPS) is 20.6. The second-order valence-electron chi connectivity index (χ2n) is 7.48. The van der Waals surface area contributed by atoms with Gasteiger partial charge in [-0.15, -0.1) is 0 Å². The third-order valence-corrected chi connectivity index (χ3v) is 6.81. The Kier molecular flexibility index (Phi) is 6.40. The van der Waals surface area contributed by atoms with E-state index in [-0.39, 0.29) is 30.4 Å². The molecular weight excluding hydrogens is 392 g/mol. The van der Waals surface area contributed by atoms with Gasteiger partial charge < -0.3 is 14.6 Å². The zero-order chi connectivity index (χ0) is 21.2. The van der Waals surface area contributed by atoms with E-state index in [1.54, 1.807) is 18.5 Å². The lowest BCUT2D eigenvalue weighted by Crippen LogP contribution is -2.49. The van der Waals surface area contributed by atoms with Gasteiger partial charge in [-0.1, -0.05) is 0 Å². The van der Waals surface area contributed by atoms with Crippen LogP contribution in [0.25, 0.3) is 5.69 Å². The van der Waals surface area contributed by atoms with E-state index >= 15 is 0 Å². The molecule has 2 atom stereocenters. The van der Waals surface area contributed by atoms with E-state index in [2.05, 4.69) is 10.3 Å². The Bertz CT molecular complexity index is 962. The molecule has 0 saturated carbocycles. The van der Waals surface area contributed by atoms with E-state index in [4.69, 9.17) is 4.74 Å². The molecule has 1 saturated heterocycles. The predicted molar refractivity (Wildman–Crippen MR) is 111 cm³/mol. The summed E-state index contributed by atoms with van der Waals surface area (Å²) in [4.78, 5) is 16.8. The second kappa shape index (κ2) is 8.64. The monoisotopic (exact) mass is 420 g/mol. The fourth-order valence-corrected chi connectivity index (χ4v) is 5.24. The van der Waals surface area contributed by atoms with Crippen LogP contribution in [0.5, 0.6) is 0 Å². The first kappa shape index (κ1) is 21.5. The third-order valence-electron chi connectivity index (χ3n) is 5.00. The number of carbonyl (C=O) groups is 1. The van der Waals surface area contributed by atoms with E-state index in [1.807, 2.05) is 44.4 Å². The summed E-state index contributed by atoms with van der Waals surface area (Å²) in [6, 6.07) is 5.56. The summed E-state index contributed by atoms with van der Waals surface area (Å²) in [6.07, 6.45) is 3.15. The lowest BCUT2D eigenvalue weighted by Gasteiger charge is -2.34. The Morgan fingerprint density at radius 2 is 1.97 bits per heavy atom. The van der Waals surface area contributed by atoms with Gasteiger partial charge in [0.25, 0.3) is 5.91 Å². The fraction of sp³-hybridized carbons (Fsp3) is 0.500. The molecule has 2 aromatic rings. The number of hydrogen-bond acceptors (Lipinski definition) is 5. The summed E-state index contributed by atoms with van der Waals surface area (Å²) >= 11 is 0. The molecule has 8 nitrogen and oxygen atoms in total. The number of rotatable bonds is 6.